The zero-order valence-electron chi connectivity index (χ0n) is 10.4. The number of hydrogen-bond acceptors (Lipinski definition) is 3. The highest BCUT2D eigenvalue weighted by atomic mass is 35.5. The van der Waals surface area contributed by atoms with Crippen LogP contribution in [0.5, 0.6) is 5.75 Å². The minimum atomic E-state index is -0.720. The van der Waals surface area contributed by atoms with Crippen molar-refractivity contribution in [1.82, 2.24) is 0 Å². The summed E-state index contributed by atoms with van der Waals surface area (Å²) in [5.41, 5.74) is -0.158. The number of benzene rings is 1. The van der Waals surface area contributed by atoms with Crippen LogP contribution in [0.3, 0.4) is 0 Å². The molecule has 0 heterocycles. The van der Waals surface area contributed by atoms with Crippen LogP contribution in [0.2, 0.25) is 5.02 Å². The molecule has 98 valence electrons. The third-order valence-electron chi connectivity index (χ3n) is 3.37. The van der Waals surface area contributed by atoms with E-state index in [1.54, 1.807) is 18.2 Å². The van der Waals surface area contributed by atoms with Gasteiger partial charge in [0.25, 0.3) is 0 Å². The van der Waals surface area contributed by atoms with Gasteiger partial charge in [-0.05, 0) is 38.0 Å². The number of Topliss-reactive ketones (excluding diaryl/α,β-unsaturated/α-hetero) is 1. The number of rotatable bonds is 4. The second kappa shape index (κ2) is 5.29. The minimum Gasteiger partial charge on any atom is -0.489 e. The van der Waals surface area contributed by atoms with Crippen LogP contribution in [-0.4, -0.2) is 23.1 Å². The first-order valence-electron chi connectivity index (χ1n) is 6.16. The quantitative estimate of drug-likeness (QED) is 0.853. The van der Waals surface area contributed by atoms with Crippen LogP contribution in [-0.2, 0) is 0 Å². The van der Waals surface area contributed by atoms with E-state index in [1.807, 2.05) is 0 Å². The smallest absolute Gasteiger partial charge is 0.159 e. The fourth-order valence-corrected chi connectivity index (χ4v) is 2.46. The van der Waals surface area contributed by atoms with Gasteiger partial charge in [0.05, 0.1) is 10.6 Å². The average Bonchev–Trinajstić information content (AvgIpc) is 2.75. The highest BCUT2D eigenvalue weighted by Crippen LogP contribution is 2.32. The molecule has 18 heavy (non-hydrogen) atoms. The van der Waals surface area contributed by atoms with Crippen molar-refractivity contribution in [3.63, 3.8) is 0 Å². The van der Waals surface area contributed by atoms with Gasteiger partial charge in [-0.2, -0.15) is 0 Å². The van der Waals surface area contributed by atoms with Crippen molar-refractivity contribution in [3.05, 3.63) is 28.8 Å². The highest BCUT2D eigenvalue weighted by molar-refractivity contribution is 6.32. The lowest BCUT2D eigenvalue weighted by Gasteiger charge is -2.22. The highest BCUT2D eigenvalue weighted by Gasteiger charge is 2.32. The molecule has 2 rings (SSSR count). The van der Waals surface area contributed by atoms with Gasteiger partial charge < -0.3 is 9.84 Å². The number of halogens is 1. The summed E-state index contributed by atoms with van der Waals surface area (Å²) < 4.78 is 5.57. The second-order valence-corrected chi connectivity index (χ2v) is 5.33. The Balaban J connectivity index is 2.03. The molecule has 1 aromatic rings. The predicted octanol–water partition coefficient (Wildman–Crippen LogP) is 3.23. The van der Waals surface area contributed by atoms with Gasteiger partial charge in [-0.25, -0.2) is 0 Å². The van der Waals surface area contributed by atoms with Gasteiger partial charge in [-0.15, -0.1) is 0 Å². The monoisotopic (exact) mass is 268 g/mol. The summed E-state index contributed by atoms with van der Waals surface area (Å²) in [6, 6.07) is 4.96. The lowest BCUT2D eigenvalue weighted by atomic mass is 10.0. The van der Waals surface area contributed by atoms with Gasteiger partial charge >= 0.3 is 0 Å². The Kier molecular flexibility index (Phi) is 3.93. The van der Waals surface area contributed by atoms with Crippen molar-refractivity contribution in [1.29, 1.82) is 0 Å². The molecule has 1 N–H and O–H groups in total. The number of carbonyl (C=O) groups excluding carboxylic acids is 1. The molecule has 4 heteroatoms. The molecule has 1 fully saturated rings. The van der Waals surface area contributed by atoms with E-state index in [9.17, 15) is 9.90 Å². The van der Waals surface area contributed by atoms with Crippen molar-refractivity contribution in [2.75, 3.05) is 6.61 Å². The summed E-state index contributed by atoms with van der Waals surface area (Å²) >= 11 is 6.05. The molecular formula is C14H17ClO3. The molecule has 0 aromatic heterocycles. The molecule has 0 aliphatic heterocycles. The number of ketones is 1. The van der Waals surface area contributed by atoms with Crippen molar-refractivity contribution in [2.24, 2.45) is 0 Å². The number of carbonyl (C=O) groups is 1. The summed E-state index contributed by atoms with van der Waals surface area (Å²) in [6.45, 7) is 1.75. The first kappa shape index (κ1) is 13.4. The Morgan fingerprint density at radius 3 is 2.67 bits per heavy atom. The molecule has 1 aromatic carbocycles. The first-order chi connectivity index (χ1) is 8.50. The molecular weight excluding hydrogens is 252 g/mol. The van der Waals surface area contributed by atoms with Gasteiger partial charge in [0.1, 0.15) is 12.4 Å². The van der Waals surface area contributed by atoms with Crippen molar-refractivity contribution < 1.29 is 14.6 Å². The topological polar surface area (TPSA) is 46.5 Å². The summed E-state index contributed by atoms with van der Waals surface area (Å²) in [5.74, 6) is 0.486. The maximum absolute atomic E-state index is 11.2. The van der Waals surface area contributed by atoms with Crippen molar-refractivity contribution in [3.8, 4) is 5.75 Å². The van der Waals surface area contributed by atoms with Crippen molar-refractivity contribution >= 4 is 17.4 Å². The normalized spacial score (nSPS) is 17.7. The van der Waals surface area contributed by atoms with Crippen LogP contribution < -0.4 is 4.74 Å². The van der Waals surface area contributed by atoms with Gasteiger partial charge in [0.15, 0.2) is 5.78 Å². The molecule has 1 aliphatic rings. The van der Waals surface area contributed by atoms with Gasteiger partial charge in [0, 0.05) is 5.56 Å². The maximum atomic E-state index is 11.2. The molecule has 0 bridgehead atoms. The Morgan fingerprint density at radius 2 is 2.11 bits per heavy atom. The number of hydrogen-bond donors (Lipinski definition) is 1. The zero-order chi connectivity index (χ0) is 13.2. The van der Waals surface area contributed by atoms with Crippen LogP contribution in [0.25, 0.3) is 0 Å². The van der Waals surface area contributed by atoms with E-state index in [4.69, 9.17) is 16.3 Å². The molecule has 0 spiro atoms. The van der Waals surface area contributed by atoms with Gasteiger partial charge in [-0.3, -0.25) is 4.79 Å². The lowest BCUT2D eigenvalue weighted by molar-refractivity contribution is 0.00143. The summed E-state index contributed by atoms with van der Waals surface area (Å²) in [5, 5.41) is 10.6. The fraction of sp³-hybridized carbons (Fsp3) is 0.500. The van der Waals surface area contributed by atoms with E-state index in [1.165, 1.54) is 6.92 Å². The largest absolute Gasteiger partial charge is 0.489 e. The Labute approximate surface area is 112 Å². The fourth-order valence-electron chi connectivity index (χ4n) is 2.23. The first-order valence-corrected chi connectivity index (χ1v) is 6.54. The van der Waals surface area contributed by atoms with Crippen molar-refractivity contribution in [2.45, 2.75) is 38.2 Å². The van der Waals surface area contributed by atoms with Crippen LogP contribution in [0.4, 0.5) is 0 Å². The molecule has 0 unspecified atom stereocenters. The van der Waals surface area contributed by atoms with E-state index in [-0.39, 0.29) is 12.4 Å². The van der Waals surface area contributed by atoms with E-state index in [2.05, 4.69) is 0 Å². The van der Waals surface area contributed by atoms with Gasteiger partial charge in [0.2, 0.25) is 0 Å². The third-order valence-corrected chi connectivity index (χ3v) is 3.66. The molecule has 0 amide bonds. The summed E-state index contributed by atoms with van der Waals surface area (Å²) in [4.78, 5) is 11.2. The number of ether oxygens (including phenoxy) is 1. The Hall–Kier alpha value is -1.06. The number of aliphatic hydroxyl groups is 1. The van der Waals surface area contributed by atoms with E-state index >= 15 is 0 Å². The average molecular weight is 269 g/mol. The Bertz CT molecular complexity index is 450. The van der Waals surface area contributed by atoms with Crippen LogP contribution >= 0.6 is 11.6 Å². The van der Waals surface area contributed by atoms with E-state index in [0.717, 1.165) is 25.7 Å². The molecule has 0 atom stereocenters. The lowest BCUT2D eigenvalue weighted by Crippen LogP contribution is -2.32. The van der Waals surface area contributed by atoms with Crippen LogP contribution in [0.1, 0.15) is 43.0 Å². The molecule has 0 radical (unpaired) electrons. The standard InChI is InChI=1S/C14H17ClO3/c1-10(16)11-4-5-13(12(15)8-11)18-9-14(17)6-2-3-7-14/h4-5,8,17H,2-3,6-7,9H2,1H3. The van der Waals surface area contributed by atoms with Gasteiger partial charge in [-0.1, -0.05) is 24.4 Å². The zero-order valence-corrected chi connectivity index (χ0v) is 11.2. The molecule has 1 saturated carbocycles. The molecule has 3 nitrogen and oxygen atoms in total. The Morgan fingerprint density at radius 1 is 1.44 bits per heavy atom. The third kappa shape index (κ3) is 3.03. The minimum absolute atomic E-state index is 0.0297. The summed E-state index contributed by atoms with van der Waals surface area (Å²) in [6.07, 6.45) is 3.63. The van der Waals surface area contributed by atoms with Crippen LogP contribution in [0, 0.1) is 0 Å². The van der Waals surface area contributed by atoms with E-state index in [0.29, 0.717) is 16.3 Å². The SMILES string of the molecule is CC(=O)c1ccc(OCC2(O)CCCC2)c(Cl)c1. The maximum Gasteiger partial charge on any atom is 0.159 e. The van der Waals surface area contributed by atoms with E-state index < -0.39 is 5.60 Å². The second-order valence-electron chi connectivity index (χ2n) is 4.92. The summed E-state index contributed by atoms with van der Waals surface area (Å²) in [7, 11) is 0. The van der Waals surface area contributed by atoms with Crippen LogP contribution in [0.15, 0.2) is 18.2 Å². The molecule has 0 saturated heterocycles. The molecule has 1 aliphatic carbocycles. The predicted molar refractivity (Wildman–Crippen MR) is 70.4 cm³/mol.